The highest BCUT2D eigenvalue weighted by Crippen LogP contribution is 2.24. The molecular formula is C13H13ClN2O2S. The second-order valence-electron chi connectivity index (χ2n) is 4.05. The van der Waals surface area contributed by atoms with Crippen molar-refractivity contribution < 1.29 is 8.42 Å². The molecule has 6 heteroatoms. The number of hydrogen-bond donors (Lipinski definition) is 1. The zero-order valence-electron chi connectivity index (χ0n) is 10.1. The van der Waals surface area contributed by atoms with Crippen molar-refractivity contribution in [3.63, 3.8) is 0 Å². The molecule has 19 heavy (non-hydrogen) atoms. The molecule has 0 radical (unpaired) electrons. The van der Waals surface area contributed by atoms with Gasteiger partial charge >= 0.3 is 0 Å². The number of benzene rings is 1. The van der Waals surface area contributed by atoms with Crippen LogP contribution in [0, 0.1) is 0 Å². The number of aromatic nitrogens is 1. The summed E-state index contributed by atoms with van der Waals surface area (Å²) in [5.74, 6) is -0.119. The van der Waals surface area contributed by atoms with Crippen LogP contribution in [0.4, 0.5) is 0 Å². The molecule has 0 saturated carbocycles. The van der Waals surface area contributed by atoms with Gasteiger partial charge in [0.15, 0.2) is 9.84 Å². The summed E-state index contributed by atoms with van der Waals surface area (Å²) in [5.41, 5.74) is 6.79. The lowest BCUT2D eigenvalue weighted by molar-refractivity contribution is 0.595. The minimum absolute atomic E-state index is 0.119. The monoisotopic (exact) mass is 296 g/mol. The summed E-state index contributed by atoms with van der Waals surface area (Å²) in [6.45, 7) is 0.278. The molecule has 2 rings (SSSR count). The lowest BCUT2D eigenvalue weighted by atomic mass is 10.2. The lowest BCUT2D eigenvalue weighted by Gasteiger charge is -2.07. The molecule has 0 spiro atoms. The van der Waals surface area contributed by atoms with E-state index in [1.807, 2.05) is 0 Å². The van der Waals surface area contributed by atoms with Crippen LogP contribution in [0.3, 0.4) is 0 Å². The Balaban J connectivity index is 2.34. The molecule has 1 aromatic heterocycles. The Morgan fingerprint density at radius 2 is 1.95 bits per heavy atom. The number of sulfone groups is 1. The first-order chi connectivity index (χ1) is 9.03. The first kappa shape index (κ1) is 14.0. The second-order valence-corrected chi connectivity index (χ2v) is 6.41. The standard InChI is InChI=1S/C13H13ClN2O2S/c14-12-3-1-2-4-13(12)19(17,18)9-10-5-6-16-11(7-10)8-15/h1-7H,8-9,15H2. The van der Waals surface area contributed by atoms with Crippen LogP contribution in [0.1, 0.15) is 11.3 Å². The van der Waals surface area contributed by atoms with Gasteiger partial charge in [-0.15, -0.1) is 0 Å². The maximum atomic E-state index is 12.3. The number of halogens is 1. The van der Waals surface area contributed by atoms with Crippen molar-refractivity contribution in [1.29, 1.82) is 0 Å². The molecule has 4 nitrogen and oxygen atoms in total. The Labute approximate surface area is 117 Å². The van der Waals surface area contributed by atoms with Gasteiger partial charge in [0, 0.05) is 12.7 Å². The Kier molecular flexibility index (Phi) is 4.19. The van der Waals surface area contributed by atoms with Crippen LogP contribution in [0.25, 0.3) is 0 Å². The third-order valence-corrected chi connectivity index (χ3v) is 4.80. The normalized spacial score (nSPS) is 11.5. The van der Waals surface area contributed by atoms with Crippen molar-refractivity contribution in [3.8, 4) is 0 Å². The number of nitrogens with two attached hydrogens (primary N) is 1. The number of hydrogen-bond acceptors (Lipinski definition) is 4. The molecule has 2 N–H and O–H groups in total. The molecule has 0 aliphatic carbocycles. The molecule has 0 atom stereocenters. The predicted molar refractivity (Wildman–Crippen MR) is 74.5 cm³/mol. The Morgan fingerprint density at radius 1 is 1.21 bits per heavy atom. The second kappa shape index (κ2) is 5.69. The van der Waals surface area contributed by atoms with Gasteiger partial charge in [-0.05, 0) is 29.8 Å². The SMILES string of the molecule is NCc1cc(CS(=O)(=O)c2ccccc2Cl)ccn1. The highest BCUT2D eigenvalue weighted by Gasteiger charge is 2.18. The van der Waals surface area contributed by atoms with Gasteiger partial charge in [-0.25, -0.2) is 8.42 Å². The number of rotatable bonds is 4. The van der Waals surface area contributed by atoms with E-state index in [9.17, 15) is 8.42 Å². The van der Waals surface area contributed by atoms with Crippen LogP contribution < -0.4 is 5.73 Å². The Bertz CT molecular complexity index is 687. The van der Waals surface area contributed by atoms with Crippen molar-refractivity contribution in [2.75, 3.05) is 0 Å². The molecule has 0 aliphatic heterocycles. The molecule has 0 amide bonds. The number of pyridine rings is 1. The molecule has 0 fully saturated rings. The highest BCUT2D eigenvalue weighted by molar-refractivity contribution is 7.90. The van der Waals surface area contributed by atoms with Crippen molar-refractivity contribution in [3.05, 3.63) is 58.9 Å². The summed E-state index contributed by atoms with van der Waals surface area (Å²) in [6, 6.07) is 9.76. The van der Waals surface area contributed by atoms with Gasteiger partial charge < -0.3 is 5.73 Å². The molecule has 0 aliphatic rings. The topological polar surface area (TPSA) is 73.1 Å². The molecule has 0 bridgehead atoms. The van der Waals surface area contributed by atoms with Gasteiger partial charge in [-0.3, -0.25) is 4.98 Å². The molecular weight excluding hydrogens is 284 g/mol. The van der Waals surface area contributed by atoms with E-state index in [4.69, 9.17) is 17.3 Å². The van der Waals surface area contributed by atoms with Gasteiger partial charge in [0.1, 0.15) is 0 Å². The average molecular weight is 297 g/mol. The molecule has 0 unspecified atom stereocenters. The van der Waals surface area contributed by atoms with E-state index < -0.39 is 9.84 Å². The minimum Gasteiger partial charge on any atom is -0.325 e. The molecule has 100 valence electrons. The molecule has 1 aromatic carbocycles. The van der Waals surface area contributed by atoms with E-state index >= 15 is 0 Å². The van der Waals surface area contributed by atoms with Gasteiger partial charge in [0.05, 0.1) is 21.4 Å². The van der Waals surface area contributed by atoms with Gasteiger partial charge in [-0.1, -0.05) is 23.7 Å². The van der Waals surface area contributed by atoms with Gasteiger partial charge in [0.2, 0.25) is 0 Å². The van der Waals surface area contributed by atoms with Crippen LogP contribution in [-0.2, 0) is 22.1 Å². The van der Waals surface area contributed by atoms with Gasteiger partial charge in [0.25, 0.3) is 0 Å². The van der Waals surface area contributed by atoms with E-state index in [1.54, 1.807) is 36.5 Å². The molecule has 1 heterocycles. The summed E-state index contributed by atoms with van der Waals surface area (Å²) in [4.78, 5) is 4.17. The van der Waals surface area contributed by atoms with E-state index in [2.05, 4.69) is 4.98 Å². The Morgan fingerprint density at radius 3 is 2.63 bits per heavy atom. The molecule has 0 saturated heterocycles. The van der Waals surface area contributed by atoms with Crippen LogP contribution in [-0.4, -0.2) is 13.4 Å². The van der Waals surface area contributed by atoms with Gasteiger partial charge in [-0.2, -0.15) is 0 Å². The first-order valence-corrected chi connectivity index (χ1v) is 7.67. The van der Waals surface area contributed by atoms with Crippen LogP contribution in [0.15, 0.2) is 47.5 Å². The third-order valence-electron chi connectivity index (χ3n) is 2.62. The smallest absolute Gasteiger partial charge is 0.183 e. The lowest BCUT2D eigenvalue weighted by Crippen LogP contribution is -2.07. The van der Waals surface area contributed by atoms with E-state index in [0.717, 1.165) is 0 Å². The minimum atomic E-state index is -3.47. The maximum Gasteiger partial charge on any atom is 0.183 e. The first-order valence-electron chi connectivity index (χ1n) is 5.64. The largest absolute Gasteiger partial charge is 0.325 e. The van der Waals surface area contributed by atoms with Crippen molar-refractivity contribution in [1.82, 2.24) is 4.98 Å². The third kappa shape index (κ3) is 3.32. The predicted octanol–water partition coefficient (Wildman–Crippen LogP) is 2.17. The maximum absolute atomic E-state index is 12.3. The summed E-state index contributed by atoms with van der Waals surface area (Å²) < 4.78 is 24.6. The zero-order chi connectivity index (χ0) is 13.9. The Hall–Kier alpha value is -1.43. The van der Waals surface area contributed by atoms with Crippen LogP contribution in [0.2, 0.25) is 5.02 Å². The zero-order valence-corrected chi connectivity index (χ0v) is 11.7. The van der Waals surface area contributed by atoms with E-state index in [0.29, 0.717) is 11.3 Å². The van der Waals surface area contributed by atoms with Crippen LogP contribution >= 0.6 is 11.6 Å². The van der Waals surface area contributed by atoms with E-state index in [1.165, 1.54) is 6.07 Å². The summed E-state index contributed by atoms with van der Waals surface area (Å²) in [6.07, 6.45) is 1.56. The summed E-state index contributed by atoms with van der Waals surface area (Å²) >= 11 is 5.92. The fraction of sp³-hybridized carbons (Fsp3) is 0.154. The fourth-order valence-corrected chi connectivity index (χ4v) is 3.64. The highest BCUT2D eigenvalue weighted by atomic mass is 35.5. The van der Waals surface area contributed by atoms with Crippen molar-refractivity contribution >= 4 is 21.4 Å². The molecule has 2 aromatic rings. The van der Waals surface area contributed by atoms with Crippen molar-refractivity contribution in [2.24, 2.45) is 5.73 Å². The van der Waals surface area contributed by atoms with Crippen LogP contribution in [0.5, 0.6) is 0 Å². The number of nitrogens with zero attached hydrogens (tertiary/aromatic N) is 1. The van der Waals surface area contributed by atoms with Crippen molar-refractivity contribution in [2.45, 2.75) is 17.2 Å². The fourth-order valence-electron chi connectivity index (χ4n) is 1.72. The van der Waals surface area contributed by atoms with E-state index in [-0.39, 0.29) is 22.2 Å². The summed E-state index contributed by atoms with van der Waals surface area (Å²) in [5, 5.41) is 0.232. The quantitative estimate of drug-likeness (QED) is 0.938. The average Bonchev–Trinajstić information content (AvgIpc) is 2.38. The summed E-state index contributed by atoms with van der Waals surface area (Å²) in [7, 11) is -3.47.